The van der Waals surface area contributed by atoms with Crippen molar-refractivity contribution in [3.8, 4) is 5.69 Å². The monoisotopic (exact) mass is 405 g/mol. The van der Waals surface area contributed by atoms with Crippen molar-refractivity contribution in [2.45, 2.75) is 56.0 Å². The topological polar surface area (TPSA) is 72.7 Å². The van der Waals surface area contributed by atoms with Crippen LogP contribution in [0, 0.1) is 17.8 Å². The zero-order valence-corrected chi connectivity index (χ0v) is 17.1. The van der Waals surface area contributed by atoms with Crippen LogP contribution >= 0.6 is 23.4 Å². The van der Waals surface area contributed by atoms with E-state index in [-0.39, 0.29) is 17.2 Å². The summed E-state index contributed by atoms with van der Waals surface area (Å²) in [7, 11) is 0. The average molecular weight is 406 g/mol. The Kier molecular flexibility index (Phi) is 5.41. The Labute approximate surface area is 168 Å². The molecule has 1 amide bonds. The van der Waals surface area contributed by atoms with Crippen LogP contribution < -0.4 is 5.32 Å². The van der Waals surface area contributed by atoms with E-state index in [1.807, 2.05) is 19.1 Å². The number of rotatable bonds is 6. The van der Waals surface area contributed by atoms with Gasteiger partial charge in [0.05, 0.1) is 10.9 Å². The predicted octanol–water partition coefficient (Wildman–Crippen LogP) is 3.74. The van der Waals surface area contributed by atoms with Crippen molar-refractivity contribution in [3.63, 3.8) is 0 Å². The normalized spacial score (nSPS) is 26.1. The van der Waals surface area contributed by atoms with Crippen LogP contribution in [0.3, 0.4) is 0 Å². The first-order valence-corrected chi connectivity index (χ1v) is 10.8. The molecule has 0 radical (unpaired) electrons. The van der Waals surface area contributed by atoms with Gasteiger partial charge in [-0.2, -0.15) is 4.68 Å². The van der Waals surface area contributed by atoms with Crippen LogP contribution in [0.25, 0.3) is 5.69 Å². The number of thioether (sulfide) groups is 1. The number of carbonyl (C=O) groups excluding carboxylic acids is 1. The second-order valence-electron chi connectivity index (χ2n) is 7.75. The summed E-state index contributed by atoms with van der Waals surface area (Å²) in [5.41, 5.74) is 0.815. The zero-order chi connectivity index (χ0) is 19.0. The number of amides is 1. The minimum atomic E-state index is -0.275. The fourth-order valence-electron chi connectivity index (χ4n) is 4.56. The van der Waals surface area contributed by atoms with Gasteiger partial charge in [-0.05, 0) is 85.6 Å². The van der Waals surface area contributed by atoms with Gasteiger partial charge in [0.2, 0.25) is 11.1 Å². The summed E-state index contributed by atoms with van der Waals surface area (Å²) in [4.78, 5) is 12.7. The number of aromatic nitrogens is 4. The van der Waals surface area contributed by atoms with E-state index in [2.05, 4.69) is 27.8 Å². The highest BCUT2D eigenvalue weighted by Crippen LogP contribution is 2.49. The van der Waals surface area contributed by atoms with Gasteiger partial charge in [0.15, 0.2) is 0 Å². The lowest BCUT2D eigenvalue weighted by Gasteiger charge is -2.29. The Morgan fingerprint density at radius 2 is 2.04 bits per heavy atom. The van der Waals surface area contributed by atoms with Gasteiger partial charge in [-0.1, -0.05) is 29.8 Å². The Balaban J connectivity index is 1.38. The molecule has 2 aliphatic carbocycles. The molecule has 2 aliphatic rings. The van der Waals surface area contributed by atoms with Crippen molar-refractivity contribution < 1.29 is 4.79 Å². The second-order valence-corrected chi connectivity index (χ2v) is 9.49. The van der Waals surface area contributed by atoms with Gasteiger partial charge in [-0.15, -0.1) is 5.10 Å². The van der Waals surface area contributed by atoms with Crippen molar-refractivity contribution in [1.29, 1.82) is 0 Å². The lowest BCUT2D eigenvalue weighted by molar-refractivity contribution is -0.121. The quantitative estimate of drug-likeness (QED) is 0.741. The number of halogens is 1. The SMILES string of the molecule is C[C@H](Sc1nnnn1-c1ccc(Cl)cc1)C(=O)N[C@H](C)[C@H]1C[C@H]2CC[C@H]1C2. The van der Waals surface area contributed by atoms with E-state index in [1.54, 1.807) is 16.8 Å². The molecule has 2 fully saturated rings. The highest BCUT2D eigenvalue weighted by atomic mass is 35.5. The van der Waals surface area contributed by atoms with Gasteiger partial charge in [-0.25, -0.2) is 0 Å². The van der Waals surface area contributed by atoms with Crippen LogP contribution in [0.2, 0.25) is 5.02 Å². The number of nitrogens with zero attached hydrogens (tertiary/aromatic N) is 4. The molecule has 4 rings (SSSR count). The maximum Gasteiger partial charge on any atom is 0.233 e. The van der Waals surface area contributed by atoms with Gasteiger partial charge in [0.1, 0.15) is 0 Å². The molecule has 1 aromatic heterocycles. The third-order valence-corrected chi connectivity index (χ3v) is 7.25. The molecular weight excluding hydrogens is 382 g/mol. The first-order chi connectivity index (χ1) is 13.0. The molecule has 6 nitrogen and oxygen atoms in total. The van der Waals surface area contributed by atoms with Gasteiger partial charge < -0.3 is 5.32 Å². The molecule has 8 heteroatoms. The van der Waals surface area contributed by atoms with Crippen LogP contribution in [0.1, 0.15) is 39.5 Å². The second kappa shape index (κ2) is 7.80. The van der Waals surface area contributed by atoms with Crippen molar-refractivity contribution in [2.24, 2.45) is 17.8 Å². The number of carbonyl (C=O) groups is 1. The fourth-order valence-corrected chi connectivity index (χ4v) is 5.51. The van der Waals surface area contributed by atoms with E-state index in [1.165, 1.54) is 37.4 Å². The fraction of sp³-hybridized carbons (Fsp3) is 0.579. The summed E-state index contributed by atoms with van der Waals surface area (Å²) < 4.78 is 1.63. The Morgan fingerprint density at radius 3 is 2.70 bits per heavy atom. The van der Waals surface area contributed by atoms with E-state index in [0.717, 1.165) is 17.5 Å². The molecule has 27 heavy (non-hydrogen) atoms. The molecule has 144 valence electrons. The third-order valence-electron chi connectivity index (χ3n) is 5.97. The molecule has 1 N–H and O–H groups in total. The van der Waals surface area contributed by atoms with E-state index in [9.17, 15) is 4.79 Å². The largest absolute Gasteiger partial charge is 0.352 e. The van der Waals surface area contributed by atoms with Crippen molar-refractivity contribution >= 4 is 29.3 Å². The number of hydrogen-bond donors (Lipinski definition) is 1. The van der Waals surface area contributed by atoms with Gasteiger partial charge in [-0.3, -0.25) is 4.79 Å². The number of benzene rings is 1. The minimum absolute atomic E-state index is 0.0425. The minimum Gasteiger partial charge on any atom is -0.352 e. The van der Waals surface area contributed by atoms with E-state index < -0.39 is 0 Å². The summed E-state index contributed by atoms with van der Waals surface area (Å²) in [5.74, 6) is 2.35. The lowest BCUT2D eigenvalue weighted by Crippen LogP contribution is -2.43. The molecule has 2 bridgehead atoms. The molecule has 2 saturated carbocycles. The summed E-state index contributed by atoms with van der Waals surface area (Å²) in [5, 5.41) is 16.1. The van der Waals surface area contributed by atoms with E-state index in [4.69, 9.17) is 11.6 Å². The van der Waals surface area contributed by atoms with Crippen molar-refractivity contribution in [1.82, 2.24) is 25.5 Å². The first-order valence-electron chi connectivity index (χ1n) is 9.52. The summed E-state index contributed by atoms with van der Waals surface area (Å²) >= 11 is 7.31. The van der Waals surface area contributed by atoms with Crippen LogP contribution in [-0.4, -0.2) is 37.4 Å². The van der Waals surface area contributed by atoms with Crippen molar-refractivity contribution in [3.05, 3.63) is 29.3 Å². The number of nitrogens with one attached hydrogen (secondary N) is 1. The molecule has 1 heterocycles. The summed E-state index contributed by atoms with van der Waals surface area (Å²) in [6.45, 7) is 4.05. The molecular formula is C19H24ClN5OS. The van der Waals surface area contributed by atoms with Crippen LogP contribution in [0.15, 0.2) is 29.4 Å². The number of hydrogen-bond acceptors (Lipinski definition) is 5. The summed E-state index contributed by atoms with van der Waals surface area (Å²) in [6.07, 6.45) is 5.32. The van der Waals surface area contributed by atoms with Crippen LogP contribution in [0.4, 0.5) is 0 Å². The van der Waals surface area contributed by atoms with Gasteiger partial charge >= 0.3 is 0 Å². The van der Waals surface area contributed by atoms with E-state index >= 15 is 0 Å². The van der Waals surface area contributed by atoms with Crippen LogP contribution in [0.5, 0.6) is 0 Å². The number of tetrazole rings is 1. The van der Waals surface area contributed by atoms with Gasteiger partial charge in [0.25, 0.3) is 0 Å². The molecule has 2 aromatic rings. The zero-order valence-electron chi connectivity index (χ0n) is 15.5. The molecule has 0 saturated heterocycles. The molecule has 0 spiro atoms. The average Bonchev–Trinajstić information content (AvgIpc) is 3.39. The maximum atomic E-state index is 12.7. The lowest BCUT2D eigenvalue weighted by atomic mass is 9.84. The van der Waals surface area contributed by atoms with Gasteiger partial charge in [0, 0.05) is 11.1 Å². The predicted molar refractivity (Wildman–Crippen MR) is 106 cm³/mol. The Hall–Kier alpha value is -1.60. The van der Waals surface area contributed by atoms with Crippen LogP contribution in [-0.2, 0) is 4.79 Å². The number of fused-ring (bicyclic) bond motifs is 2. The highest BCUT2D eigenvalue weighted by Gasteiger charge is 2.42. The molecule has 5 atom stereocenters. The van der Waals surface area contributed by atoms with E-state index in [0.29, 0.717) is 16.1 Å². The maximum absolute atomic E-state index is 12.7. The summed E-state index contributed by atoms with van der Waals surface area (Å²) in [6, 6.07) is 7.51. The smallest absolute Gasteiger partial charge is 0.233 e. The Morgan fingerprint density at radius 1 is 1.26 bits per heavy atom. The molecule has 1 aromatic carbocycles. The Bertz CT molecular complexity index is 811. The highest BCUT2D eigenvalue weighted by molar-refractivity contribution is 8.00. The third kappa shape index (κ3) is 3.99. The van der Waals surface area contributed by atoms with Crippen molar-refractivity contribution in [2.75, 3.05) is 0 Å². The molecule has 0 unspecified atom stereocenters. The molecule has 0 aliphatic heterocycles. The standard InChI is InChI=1S/C19H24ClN5OS/c1-11(17-10-13-3-4-14(17)9-13)21-18(26)12(2)27-19-22-23-24-25(19)16-7-5-15(20)6-8-16/h5-8,11-14,17H,3-4,9-10H2,1-2H3,(H,21,26)/t11-,12+,13+,14+,17-/m1/s1. The first kappa shape index (κ1) is 18.7.